The molecule has 5 nitrogen and oxygen atoms in total. The monoisotopic (exact) mass is 262 g/mol. The van der Waals surface area contributed by atoms with Crippen molar-refractivity contribution in [1.29, 1.82) is 0 Å². The Morgan fingerprint density at radius 1 is 1.42 bits per heavy atom. The van der Waals surface area contributed by atoms with Crippen molar-refractivity contribution in [2.24, 2.45) is 0 Å². The van der Waals surface area contributed by atoms with Crippen molar-refractivity contribution in [3.63, 3.8) is 0 Å². The van der Waals surface area contributed by atoms with Crippen molar-refractivity contribution in [2.75, 3.05) is 18.6 Å². The molecular weight excluding hydrogens is 244 g/mol. The van der Waals surface area contributed by atoms with Crippen molar-refractivity contribution in [3.8, 4) is 0 Å². The molecule has 1 aromatic rings. The van der Waals surface area contributed by atoms with Crippen LogP contribution in [-0.2, 0) is 16.0 Å². The van der Waals surface area contributed by atoms with Crippen molar-refractivity contribution in [1.82, 2.24) is 5.32 Å². The third-order valence-corrected chi connectivity index (χ3v) is 3.16. The third kappa shape index (κ3) is 3.24. The van der Waals surface area contributed by atoms with E-state index < -0.39 is 0 Å². The fourth-order valence-electron chi connectivity index (χ4n) is 2.10. The predicted molar refractivity (Wildman–Crippen MR) is 72.1 cm³/mol. The van der Waals surface area contributed by atoms with Gasteiger partial charge in [0.25, 0.3) is 0 Å². The van der Waals surface area contributed by atoms with Gasteiger partial charge in [-0.3, -0.25) is 9.69 Å². The molecule has 0 bridgehead atoms. The van der Waals surface area contributed by atoms with Crippen LogP contribution in [0.15, 0.2) is 24.3 Å². The summed E-state index contributed by atoms with van der Waals surface area (Å²) in [6.45, 7) is 2.66. The lowest BCUT2D eigenvalue weighted by Crippen LogP contribution is -2.27. The van der Waals surface area contributed by atoms with Gasteiger partial charge in [0.05, 0.1) is 7.11 Å². The zero-order valence-electron chi connectivity index (χ0n) is 11.2. The number of methoxy groups -OCH3 is 1. The van der Waals surface area contributed by atoms with Crippen LogP contribution in [0.3, 0.4) is 0 Å². The van der Waals surface area contributed by atoms with Gasteiger partial charge in [-0.15, -0.1) is 0 Å². The van der Waals surface area contributed by atoms with Gasteiger partial charge in [-0.1, -0.05) is 12.1 Å². The first kappa shape index (κ1) is 13.4. The molecule has 1 N–H and O–H groups in total. The summed E-state index contributed by atoms with van der Waals surface area (Å²) in [5.41, 5.74) is 1.94. The molecule has 1 atom stereocenters. The number of urea groups is 1. The van der Waals surface area contributed by atoms with E-state index in [0.29, 0.717) is 19.4 Å². The van der Waals surface area contributed by atoms with Crippen LogP contribution in [0, 0.1) is 0 Å². The summed E-state index contributed by atoms with van der Waals surface area (Å²) >= 11 is 0. The number of carbonyl (C=O) groups is 2. The van der Waals surface area contributed by atoms with Crippen LogP contribution in [0.5, 0.6) is 0 Å². The Morgan fingerprint density at radius 3 is 2.63 bits per heavy atom. The number of anilines is 1. The molecule has 5 heteroatoms. The molecule has 1 fully saturated rings. The summed E-state index contributed by atoms with van der Waals surface area (Å²) in [5.74, 6) is -0.211. The molecule has 0 aliphatic carbocycles. The van der Waals surface area contributed by atoms with Gasteiger partial charge in [0.15, 0.2) is 0 Å². The molecule has 0 saturated carbocycles. The molecule has 0 spiro atoms. The van der Waals surface area contributed by atoms with Gasteiger partial charge in [0.1, 0.15) is 0 Å². The molecule has 1 aromatic carbocycles. The number of aryl methyl sites for hydroxylation is 1. The van der Waals surface area contributed by atoms with Crippen LogP contribution in [0.1, 0.15) is 18.9 Å². The summed E-state index contributed by atoms with van der Waals surface area (Å²) in [7, 11) is 1.39. The molecule has 19 heavy (non-hydrogen) atoms. The van der Waals surface area contributed by atoms with Crippen molar-refractivity contribution >= 4 is 17.7 Å². The van der Waals surface area contributed by atoms with Gasteiger partial charge >= 0.3 is 12.0 Å². The van der Waals surface area contributed by atoms with Gasteiger partial charge in [0, 0.05) is 24.7 Å². The van der Waals surface area contributed by atoms with E-state index in [1.807, 2.05) is 31.2 Å². The Bertz CT molecular complexity index is 470. The Hall–Kier alpha value is -2.04. The minimum absolute atomic E-state index is 0.0604. The van der Waals surface area contributed by atoms with E-state index >= 15 is 0 Å². The van der Waals surface area contributed by atoms with Crippen LogP contribution in [0.25, 0.3) is 0 Å². The maximum atomic E-state index is 11.7. The summed E-state index contributed by atoms with van der Waals surface area (Å²) < 4.78 is 4.60. The van der Waals surface area contributed by atoms with Crippen LogP contribution in [-0.4, -0.2) is 31.7 Å². The number of benzene rings is 1. The highest BCUT2D eigenvalue weighted by atomic mass is 16.5. The highest BCUT2D eigenvalue weighted by Crippen LogP contribution is 2.19. The Kier molecular flexibility index (Phi) is 4.04. The number of esters is 1. The van der Waals surface area contributed by atoms with Gasteiger partial charge in [0.2, 0.25) is 0 Å². The lowest BCUT2D eigenvalue weighted by molar-refractivity contribution is -0.140. The first-order valence-corrected chi connectivity index (χ1v) is 6.34. The minimum atomic E-state index is -0.211. The van der Waals surface area contributed by atoms with Gasteiger partial charge in [-0.25, -0.2) is 4.79 Å². The molecule has 102 valence electrons. The van der Waals surface area contributed by atoms with E-state index in [2.05, 4.69) is 10.1 Å². The van der Waals surface area contributed by atoms with Crippen LogP contribution in [0.2, 0.25) is 0 Å². The SMILES string of the molecule is COC(=O)CCc1ccc(N2CC(C)NC2=O)cc1. The third-order valence-electron chi connectivity index (χ3n) is 3.16. The number of ether oxygens (including phenoxy) is 1. The van der Waals surface area contributed by atoms with Crippen LogP contribution in [0.4, 0.5) is 10.5 Å². The van der Waals surface area contributed by atoms with Gasteiger partial charge < -0.3 is 10.1 Å². The van der Waals surface area contributed by atoms with E-state index in [9.17, 15) is 9.59 Å². The summed E-state index contributed by atoms with van der Waals surface area (Å²) in [5, 5.41) is 2.85. The minimum Gasteiger partial charge on any atom is -0.469 e. The van der Waals surface area contributed by atoms with Gasteiger partial charge in [-0.05, 0) is 31.0 Å². The standard InChI is InChI=1S/C14H18N2O3/c1-10-9-16(14(18)15-10)12-6-3-11(4-7-12)5-8-13(17)19-2/h3-4,6-7,10H,5,8-9H2,1-2H3,(H,15,18). The molecule has 0 aromatic heterocycles. The summed E-state index contributed by atoms with van der Waals surface area (Å²) in [6.07, 6.45) is 1.02. The van der Waals surface area contributed by atoms with Crippen molar-refractivity contribution < 1.29 is 14.3 Å². The number of rotatable bonds is 4. The number of hydrogen-bond acceptors (Lipinski definition) is 3. The topological polar surface area (TPSA) is 58.6 Å². The number of hydrogen-bond donors (Lipinski definition) is 1. The lowest BCUT2D eigenvalue weighted by atomic mass is 10.1. The van der Waals surface area contributed by atoms with Crippen molar-refractivity contribution in [2.45, 2.75) is 25.8 Å². The molecule has 1 saturated heterocycles. The highest BCUT2D eigenvalue weighted by Gasteiger charge is 2.26. The zero-order chi connectivity index (χ0) is 13.8. The largest absolute Gasteiger partial charge is 0.469 e. The second-order valence-corrected chi connectivity index (χ2v) is 4.70. The zero-order valence-corrected chi connectivity index (χ0v) is 11.2. The first-order valence-electron chi connectivity index (χ1n) is 6.34. The molecule has 1 heterocycles. The first-order chi connectivity index (χ1) is 9.10. The molecule has 1 unspecified atom stereocenters. The second-order valence-electron chi connectivity index (χ2n) is 4.70. The van der Waals surface area contributed by atoms with E-state index in [4.69, 9.17) is 0 Å². The van der Waals surface area contributed by atoms with E-state index in [-0.39, 0.29) is 18.0 Å². The Morgan fingerprint density at radius 2 is 2.11 bits per heavy atom. The number of amides is 2. The maximum absolute atomic E-state index is 11.7. The second kappa shape index (κ2) is 5.73. The molecule has 0 radical (unpaired) electrons. The van der Waals surface area contributed by atoms with E-state index in [1.165, 1.54) is 7.11 Å². The predicted octanol–water partition coefficient (Wildman–Crippen LogP) is 1.71. The van der Waals surface area contributed by atoms with Crippen molar-refractivity contribution in [3.05, 3.63) is 29.8 Å². The average molecular weight is 262 g/mol. The fourth-order valence-corrected chi connectivity index (χ4v) is 2.10. The lowest BCUT2D eigenvalue weighted by Gasteiger charge is -2.14. The van der Waals surface area contributed by atoms with Gasteiger partial charge in [-0.2, -0.15) is 0 Å². The Balaban J connectivity index is 1.98. The number of nitrogens with zero attached hydrogens (tertiary/aromatic N) is 1. The van der Waals surface area contributed by atoms with E-state index in [1.54, 1.807) is 4.90 Å². The quantitative estimate of drug-likeness (QED) is 0.840. The molecule has 1 aliphatic heterocycles. The molecule has 1 aliphatic rings. The van der Waals surface area contributed by atoms with Crippen LogP contribution >= 0.6 is 0 Å². The summed E-state index contributed by atoms with van der Waals surface area (Å²) in [6, 6.07) is 7.80. The van der Waals surface area contributed by atoms with E-state index in [0.717, 1.165) is 11.3 Å². The summed E-state index contributed by atoms with van der Waals surface area (Å²) in [4.78, 5) is 24.5. The number of carbonyl (C=O) groups excluding carboxylic acids is 2. The molecular formula is C14H18N2O3. The van der Waals surface area contributed by atoms with Crippen LogP contribution < -0.4 is 10.2 Å². The average Bonchev–Trinajstić information content (AvgIpc) is 2.75. The highest BCUT2D eigenvalue weighted by molar-refractivity contribution is 5.94. The maximum Gasteiger partial charge on any atom is 0.322 e. The number of nitrogens with one attached hydrogen (secondary N) is 1. The fraction of sp³-hybridized carbons (Fsp3) is 0.429. The smallest absolute Gasteiger partial charge is 0.322 e. The normalized spacial score (nSPS) is 18.3. The molecule has 2 rings (SSSR count). The molecule has 2 amide bonds. The Labute approximate surface area is 112 Å².